The van der Waals surface area contributed by atoms with Gasteiger partial charge in [0.15, 0.2) is 0 Å². The number of fused-ring (bicyclic) bond motifs is 1. The van der Waals surface area contributed by atoms with Gasteiger partial charge in [-0.3, -0.25) is 4.79 Å². The summed E-state index contributed by atoms with van der Waals surface area (Å²) in [4.78, 5) is 12.7. The summed E-state index contributed by atoms with van der Waals surface area (Å²) in [6.07, 6.45) is 3.62. The van der Waals surface area contributed by atoms with Crippen molar-refractivity contribution in [2.75, 3.05) is 0 Å². The van der Waals surface area contributed by atoms with Gasteiger partial charge in [-0.1, -0.05) is 42.5 Å². The molecular formula is C20H19N3O. The van der Waals surface area contributed by atoms with E-state index in [2.05, 4.69) is 28.6 Å². The Morgan fingerprint density at radius 1 is 1.12 bits per heavy atom. The zero-order valence-corrected chi connectivity index (χ0v) is 13.6. The Bertz CT molecular complexity index is 883. The largest absolute Gasteiger partial charge is 0.345 e. The molecule has 0 saturated carbocycles. The zero-order valence-electron chi connectivity index (χ0n) is 13.6. The van der Waals surface area contributed by atoms with Crippen molar-refractivity contribution in [1.29, 1.82) is 0 Å². The first kappa shape index (κ1) is 14.7. The minimum absolute atomic E-state index is 0.0589. The van der Waals surface area contributed by atoms with E-state index in [9.17, 15) is 4.79 Å². The van der Waals surface area contributed by atoms with Crippen LogP contribution in [0, 0.1) is 6.92 Å². The number of amides is 1. The topological polar surface area (TPSA) is 46.9 Å². The predicted molar refractivity (Wildman–Crippen MR) is 93.3 cm³/mol. The third kappa shape index (κ3) is 2.50. The minimum Gasteiger partial charge on any atom is -0.345 e. The van der Waals surface area contributed by atoms with E-state index in [0.717, 1.165) is 24.2 Å². The molecule has 1 atom stereocenters. The monoisotopic (exact) mass is 317 g/mol. The predicted octanol–water partition coefficient (Wildman–Crippen LogP) is 3.60. The van der Waals surface area contributed by atoms with Crippen molar-refractivity contribution in [2.45, 2.75) is 25.8 Å². The maximum absolute atomic E-state index is 12.7. The molecule has 0 spiro atoms. The van der Waals surface area contributed by atoms with Gasteiger partial charge in [-0.25, -0.2) is 4.68 Å². The molecule has 3 aromatic rings. The highest BCUT2D eigenvalue weighted by Gasteiger charge is 2.25. The molecule has 0 saturated heterocycles. The van der Waals surface area contributed by atoms with Crippen molar-refractivity contribution in [3.8, 4) is 5.69 Å². The lowest BCUT2D eigenvalue weighted by molar-refractivity contribution is 0.0936. The summed E-state index contributed by atoms with van der Waals surface area (Å²) < 4.78 is 1.80. The number of hydrogen-bond donors (Lipinski definition) is 1. The Balaban J connectivity index is 1.57. The minimum atomic E-state index is -0.0589. The average Bonchev–Trinajstić information content (AvgIpc) is 3.20. The van der Waals surface area contributed by atoms with Crippen molar-refractivity contribution in [3.05, 3.63) is 83.2 Å². The molecule has 4 rings (SSSR count). The van der Waals surface area contributed by atoms with Crippen molar-refractivity contribution in [3.63, 3.8) is 0 Å². The third-order valence-electron chi connectivity index (χ3n) is 4.69. The first-order chi connectivity index (χ1) is 11.7. The summed E-state index contributed by atoms with van der Waals surface area (Å²) in [5.74, 6) is -0.0589. The molecule has 0 bridgehead atoms. The number of hydrogen-bond acceptors (Lipinski definition) is 2. The molecule has 24 heavy (non-hydrogen) atoms. The van der Waals surface area contributed by atoms with E-state index in [1.807, 2.05) is 43.3 Å². The van der Waals surface area contributed by atoms with Gasteiger partial charge in [0.05, 0.1) is 29.2 Å². The second-order valence-corrected chi connectivity index (χ2v) is 6.15. The molecule has 4 nitrogen and oxygen atoms in total. The standard InChI is InChI=1S/C20H19N3O/c1-14-18(13-21-23(14)16-8-3-2-4-9-16)20(24)22-19-12-11-15-7-5-6-10-17(15)19/h2-10,13,19H,11-12H2,1H3,(H,22,24). The highest BCUT2D eigenvalue weighted by Crippen LogP contribution is 2.31. The zero-order chi connectivity index (χ0) is 16.5. The third-order valence-corrected chi connectivity index (χ3v) is 4.69. The average molecular weight is 317 g/mol. The van der Waals surface area contributed by atoms with Crippen LogP contribution in [0.15, 0.2) is 60.8 Å². The molecule has 1 aromatic heterocycles. The van der Waals surface area contributed by atoms with Crippen LogP contribution in [-0.2, 0) is 6.42 Å². The fourth-order valence-electron chi connectivity index (χ4n) is 3.41. The summed E-state index contributed by atoms with van der Waals surface area (Å²) in [6.45, 7) is 1.93. The SMILES string of the molecule is Cc1c(C(=O)NC2CCc3ccccc32)cnn1-c1ccccc1. The van der Waals surface area contributed by atoms with Crippen LogP contribution in [0.3, 0.4) is 0 Å². The number of carbonyl (C=O) groups is 1. The molecule has 1 N–H and O–H groups in total. The number of nitrogens with one attached hydrogen (secondary N) is 1. The molecule has 1 unspecified atom stereocenters. The summed E-state index contributed by atoms with van der Waals surface area (Å²) in [7, 11) is 0. The van der Waals surface area contributed by atoms with Crippen molar-refractivity contribution < 1.29 is 4.79 Å². The number of aromatic nitrogens is 2. The number of rotatable bonds is 3. The number of nitrogens with zero attached hydrogens (tertiary/aromatic N) is 2. The van der Waals surface area contributed by atoms with Crippen LogP contribution in [0.4, 0.5) is 0 Å². The van der Waals surface area contributed by atoms with Gasteiger partial charge in [0.2, 0.25) is 0 Å². The van der Waals surface area contributed by atoms with E-state index >= 15 is 0 Å². The maximum Gasteiger partial charge on any atom is 0.255 e. The number of para-hydroxylation sites is 1. The van der Waals surface area contributed by atoms with Crippen molar-refractivity contribution in [2.24, 2.45) is 0 Å². The molecule has 0 radical (unpaired) electrons. The van der Waals surface area contributed by atoms with Crippen LogP contribution in [0.2, 0.25) is 0 Å². The Hall–Kier alpha value is -2.88. The lowest BCUT2D eigenvalue weighted by atomic mass is 10.1. The van der Waals surface area contributed by atoms with E-state index in [1.54, 1.807) is 10.9 Å². The van der Waals surface area contributed by atoms with E-state index in [-0.39, 0.29) is 11.9 Å². The first-order valence-corrected chi connectivity index (χ1v) is 8.23. The van der Waals surface area contributed by atoms with Crippen LogP contribution in [0.1, 0.15) is 39.6 Å². The lowest BCUT2D eigenvalue weighted by Crippen LogP contribution is -2.27. The van der Waals surface area contributed by atoms with Crippen LogP contribution in [-0.4, -0.2) is 15.7 Å². The summed E-state index contributed by atoms with van der Waals surface area (Å²) in [5.41, 5.74) is 5.01. The van der Waals surface area contributed by atoms with Crippen LogP contribution in [0.25, 0.3) is 5.69 Å². The summed E-state index contributed by atoms with van der Waals surface area (Å²) in [6, 6.07) is 18.3. The highest BCUT2D eigenvalue weighted by molar-refractivity contribution is 5.95. The van der Waals surface area contributed by atoms with Crippen molar-refractivity contribution in [1.82, 2.24) is 15.1 Å². The molecule has 1 aliphatic rings. The molecule has 1 heterocycles. The second-order valence-electron chi connectivity index (χ2n) is 6.15. The lowest BCUT2D eigenvalue weighted by Gasteiger charge is -2.14. The van der Waals surface area contributed by atoms with Gasteiger partial charge in [0.25, 0.3) is 5.91 Å². The first-order valence-electron chi connectivity index (χ1n) is 8.23. The van der Waals surface area contributed by atoms with Gasteiger partial charge >= 0.3 is 0 Å². The van der Waals surface area contributed by atoms with E-state index in [0.29, 0.717) is 5.56 Å². The summed E-state index contributed by atoms with van der Waals surface area (Å²) >= 11 is 0. The molecule has 2 aromatic carbocycles. The Morgan fingerprint density at radius 2 is 1.88 bits per heavy atom. The molecule has 0 aliphatic heterocycles. The van der Waals surface area contributed by atoms with E-state index in [4.69, 9.17) is 0 Å². The quantitative estimate of drug-likeness (QED) is 0.802. The molecule has 1 amide bonds. The number of aryl methyl sites for hydroxylation is 1. The van der Waals surface area contributed by atoms with Crippen LogP contribution >= 0.6 is 0 Å². The Morgan fingerprint density at radius 3 is 2.71 bits per heavy atom. The fraction of sp³-hybridized carbons (Fsp3) is 0.200. The van der Waals surface area contributed by atoms with Crippen molar-refractivity contribution >= 4 is 5.91 Å². The van der Waals surface area contributed by atoms with Crippen LogP contribution < -0.4 is 5.32 Å². The van der Waals surface area contributed by atoms with Gasteiger partial charge in [-0.15, -0.1) is 0 Å². The Labute approximate surface area is 141 Å². The van der Waals surface area contributed by atoms with Crippen LogP contribution in [0.5, 0.6) is 0 Å². The van der Waals surface area contributed by atoms with Gasteiger partial charge in [-0.2, -0.15) is 5.10 Å². The highest BCUT2D eigenvalue weighted by atomic mass is 16.1. The normalized spacial score (nSPS) is 16.0. The number of benzene rings is 2. The maximum atomic E-state index is 12.7. The van der Waals surface area contributed by atoms with Gasteiger partial charge in [0, 0.05) is 0 Å². The van der Waals surface area contributed by atoms with E-state index in [1.165, 1.54) is 11.1 Å². The molecule has 0 fully saturated rings. The number of carbonyl (C=O) groups excluding carboxylic acids is 1. The molecule has 4 heteroatoms. The van der Waals surface area contributed by atoms with Gasteiger partial charge < -0.3 is 5.32 Å². The molecular weight excluding hydrogens is 298 g/mol. The van der Waals surface area contributed by atoms with Gasteiger partial charge in [-0.05, 0) is 43.0 Å². The van der Waals surface area contributed by atoms with Gasteiger partial charge in [0.1, 0.15) is 0 Å². The molecule has 1 aliphatic carbocycles. The smallest absolute Gasteiger partial charge is 0.255 e. The second kappa shape index (κ2) is 5.96. The van der Waals surface area contributed by atoms with E-state index < -0.39 is 0 Å². The molecule has 120 valence electrons. The Kier molecular flexibility index (Phi) is 3.65. The summed E-state index contributed by atoms with van der Waals surface area (Å²) in [5, 5.41) is 7.55. The fourth-order valence-corrected chi connectivity index (χ4v) is 3.41.